The number of carbonyl (C=O) groups is 1. The Labute approximate surface area is 102 Å². The Hall–Kier alpha value is -2.04. The number of non-ortho nitro benzene ring substituents is 1. The smallest absolute Gasteiger partial charge is 0.269 e. The number of rotatable bonds is 6. The summed E-state index contributed by atoms with van der Waals surface area (Å²) in [5.74, 6) is -0.846. The number of amides is 1. The summed E-state index contributed by atoms with van der Waals surface area (Å²) in [6.07, 6.45) is 0. The minimum absolute atomic E-state index is 0.238. The molecule has 0 saturated carbocycles. The Kier molecular flexibility index (Phi) is 4.31. The molecule has 1 aromatic carbocycles. The maximum atomic E-state index is 11.5. The van der Waals surface area contributed by atoms with Gasteiger partial charge in [-0.2, -0.15) is 0 Å². The lowest BCUT2D eigenvalue weighted by molar-refractivity contribution is -0.384. The van der Waals surface area contributed by atoms with Crippen LogP contribution in [0.15, 0.2) is 29.2 Å². The predicted octanol–water partition coefficient (Wildman–Crippen LogP) is -0.710. The Morgan fingerprint density at radius 3 is 2.39 bits per heavy atom. The van der Waals surface area contributed by atoms with Gasteiger partial charge < -0.3 is 5.73 Å². The van der Waals surface area contributed by atoms with Gasteiger partial charge in [-0.25, -0.2) is 8.42 Å². The fraction of sp³-hybridized carbons (Fsp3) is 0.125. The van der Waals surface area contributed by atoms with Crippen molar-refractivity contribution in [3.8, 4) is 0 Å². The van der Waals surface area contributed by atoms with Crippen molar-refractivity contribution in [2.75, 3.05) is 6.61 Å². The zero-order chi connectivity index (χ0) is 13.8. The van der Waals surface area contributed by atoms with E-state index in [0.29, 0.717) is 0 Å². The van der Waals surface area contributed by atoms with E-state index in [-0.39, 0.29) is 10.6 Å². The first-order chi connectivity index (χ1) is 8.33. The van der Waals surface area contributed by atoms with Crippen LogP contribution in [0.2, 0.25) is 0 Å². The molecule has 0 aromatic heterocycles. The van der Waals surface area contributed by atoms with Gasteiger partial charge in [0.25, 0.3) is 15.7 Å². The van der Waals surface area contributed by atoms with Crippen LogP contribution >= 0.6 is 0 Å². The number of nitrogens with zero attached hydrogens (tertiary/aromatic N) is 1. The molecule has 3 N–H and O–H groups in total. The SMILES string of the molecule is NC(=O)CONS(=O)(=O)c1ccc([N+](=O)[O-])cc1. The van der Waals surface area contributed by atoms with Crippen molar-refractivity contribution in [1.82, 2.24) is 4.89 Å². The third-order valence-electron chi connectivity index (χ3n) is 1.74. The van der Waals surface area contributed by atoms with E-state index in [4.69, 9.17) is 5.73 Å². The number of sulfonamides is 1. The maximum absolute atomic E-state index is 11.5. The molecule has 18 heavy (non-hydrogen) atoms. The minimum atomic E-state index is -4.00. The van der Waals surface area contributed by atoms with Gasteiger partial charge in [0.15, 0.2) is 0 Å². The third-order valence-corrected chi connectivity index (χ3v) is 2.97. The molecule has 0 aliphatic rings. The topological polar surface area (TPSA) is 142 Å². The van der Waals surface area contributed by atoms with Crippen LogP contribution in [-0.2, 0) is 19.7 Å². The van der Waals surface area contributed by atoms with Crippen LogP contribution < -0.4 is 10.6 Å². The number of nitro benzene ring substituents is 1. The number of nitrogens with one attached hydrogen (secondary N) is 1. The van der Waals surface area contributed by atoms with Gasteiger partial charge in [-0.1, -0.05) is 4.89 Å². The molecule has 0 radical (unpaired) electrons. The first kappa shape index (κ1) is 14.0. The molecule has 0 spiro atoms. The van der Waals surface area contributed by atoms with Gasteiger partial charge in [0.05, 0.1) is 9.82 Å². The van der Waals surface area contributed by atoms with Crippen molar-refractivity contribution < 1.29 is 23.0 Å². The lowest BCUT2D eigenvalue weighted by atomic mass is 10.3. The van der Waals surface area contributed by atoms with E-state index in [1.807, 2.05) is 0 Å². The molecule has 0 saturated heterocycles. The Bertz CT molecular complexity index is 553. The molecule has 0 heterocycles. The Morgan fingerprint density at radius 2 is 1.94 bits per heavy atom. The van der Waals surface area contributed by atoms with Gasteiger partial charge in [0, 0.05) is 12.1 Å². The van der Waals surface area contributed by atoms with Crippen molar-refractivity contribution in [3.05, 3.63) is 34.4 Å². The first-order valence-electron chi connectivity index (χ1n) is 4.49. The molecule has 1 rings (SSSR count). The lowest BCUT2D eigenvalue weighted by Crippen LogP contribution is -2.29. The summed E-state index contributed by atoms with van der Waals surface area (Å²) in [5.41, 5.74) is 4.50. The molecule has 1 amide bonds. The second kappa shape index (κ2) is 5.53. The van der Waals surface area contributed by atoms with Gasteiger partial charge in [-0.05, 0) is 12.1 Å². The average Bonchev–Trinajstić information content (AvgIpc) is 2.28. The predicted molar refractivity (Wildman–Crippen MR) is 58.6 cm³/mol. The van der Waals surface area contributed by atoms with E-state index in [1.54, 1.807) is 4.89 Å². The van der Waals surface area contributed by atoms with Gasteiger partial charge in [0.2, 0.25) is 5.91 Å². The molecular formula is C8H9N3O6S. The summed E-state index contributed by atoms with van der Waals surface area (Å²) in [6, 6.07) is 4.13. The van der Waals surface area contributed by atoms with E-state index in [1.165, 1.54) is 0 Å². The lowest BCUT2D eigenvalue weighted by Gasteiger charge is -2.05. The first-order valence-corrected chi connectivity index (χ1v) is 5.97. The number of hydrogen-bond acceptors (Lipinski definition) is 6. The average molecular weight is 275 g/mol. The third kappa shape index (κ3) is 3.76. The fourth-order valence-electron chi connectivity index (χ4n) is 0.973. The molecule has 0 fully saturated rings. The quantitative estimate of drug-likeness (QED) is 0.518. The number of primary amides is 1. The van der Waals surface area contributed by atoms with Crippen LogP contribution in [0.4, 0.5) is 5.69 Å². The number of nitro groups is 1. The van der Waals surface area contributed by atoms with Gasteiger partial charge in [-0.15, -0.1) is 0 Å². The number of benzene rings is 1. The van der Waals surface area contributed by atoms with Crippen LogP contribution in [0, 0.1) is 10.1 Å². The van der Waals surface area contributed by atoms with Crippen LogP contribution in [0.1, 0.15) is 0 Å². The van der Waals surface area contributed by atoms with Gasteiger partial charge >= 0.3 is 0 Å². The summed E-state index contributed by atoms with van der Waals surface area (Å²) in [5, 5.41) is 10.4. The number of nitrogens with two attached hydrogens (primary N) is 1. The van der Waals surface area contributed by atoms with E-state index >= 15 is 0 Å². The normalized spacial score (nSPS) is 11.1. The molecular weight excluding hydrogens is 266 g/mol. The Balaban J connectivity index is 2.79. The van der Waals surface area contributed by atoms with Crippen molar-refractivity contribution in [1.29, 1.82) is 0 Å². The molecule has 1 aromatic rings. The standard InChI is InChI=1S/C8H9N3O6S/c9-8(12)5-17-10-18(15,16)7-3-1-6(2-4-7)11(13)14/h1-4,10H,5H2,(H2,9,12). The summed E-state index contributed by atoms with van der Waals surface area (Å²) >= 11 is 0. The van der Waals surface area contributed by atoms with E-state index in [9.17, 15) is 23.3 Å². The summed E-state index contributed by atoms with van der Waals surface area (Å²) in [7, 11) is -4.00. The van der Waals surface area contributed by atoms with E-state index in [2.05, 4.69) is 4.84 Å². The van der Waals surface area contributed by atoms with Crippen molar-refractivity contribution in [2.45, 2.75) is 4.90 Å². The molecule has 0 unspecified atom stereocenters. The highest BCUT2D eigenvalue weighted by molar-refractivity contribution is 7.89. The van der Waals surface area contributed by atoms with Gasteiger partial charge in [-0.3, -0.25) is 19.7 Å². The van der Waals surface area contributed by atoms with E-state index in [0.717, 1.165) is 24.3 Å². The maximum Gasteiger partial charge on any atom is 0.269 e. The number of carbonyl (C=O) groups excluding carboxylic acids is 1. The second-order valence-electron chi connectivity index (χ2n) is 3.09. The fourth-order valence-corrected chi connectivity index (χ4v) is 1.78. The van der Waals surface area contributed by atoms with Crippen LogP contribution in [0.5, 0.6) is 0 Å². The van der Waals surface area contributed by atoms with Crippen molar-refractivity contribution in [2.24, 2.45) is 5.73 Å². The molecule has 0 bridgehead atoms. The minimum Gasteiger partial charge on any atom is -0.368 e. The molecule has 10 heteroatoms. The monoisotopic (exact) mass is 275 g/mol. The highest BCUT2D eigenvalue weighted by Crippen LogP contribution is 2.15. The molecule has 0 aliphatic heterocycles. The zero-order valence-corrected chi connectivity index (χ0v) is 9.72. The van der Waals surface area contributed by atoms with Crippen LogP contribution in [0.3, 0.4) is 0 Å². The summed E-state index contributed by atoms with van der Waals surface area (Å²) in [4.78, 5) is 25.8. The Morgan fingerprint density at radius 1 is 1.39 bits per heavy atom. The molecule has 98 valence electrons. The van der Waals surface area contributed by atoms with Crippen LogP contribution in [0.25, 0.3) is 0 Å². The highest BCUT2D eigenvalue weighted by Gasteiger charge is 2.16. The van der Waals surface area contributed by atoms with Gasteiger partial charge in [0.1, 0.15) is 6.61 Å². The highest BCUT2D eigenvalue weighted by atomic mass is 32.2. The molecule has 9 nitrogen and oxygen atoms in total. The van der Waals surface area contributed by atoms with Crippen LogP contribution in [-0.4, -0.2) is 25.9 Å². The molecule has 0 atom stereocenters. The zero-order valence-electron chi connectivity index (χ0n) is 8.90. The molecule has 0 aliphatic carbocycles. The largest absolute Gasteiger partial charge is 0.368 e. The summed E-state index contributed by atoms with van der Waals surface area (Å²) in [6.45, 7) is -0.619. The second-order valence-corrected chi connectivity index (χ2v) is 4.74. The number of hydrogen-bond donors (Lipinski definition) is 2. The summed E-state index contributed by atoms with van der Waals surface area (Å²) < 4.78 is 23.1. The van der Waals surface area contributed by atoms with Crippen molar-refractivity contribution in [3.63, 3.8) is 0 Å². The van der Waals surface area contributed by atoms with E-state index < -0.39 is 27.5 Å². The van der Waals surface area contributed by atoms with Crippen molar-refractivity contribution >= 4 is 21.6 Å².